The highest BCUT2D eigenvalue weighted by atomic mass is 79.9. The molecule has 0 spiro atoms. The molecule has 2 aromatic heterocycles. The minimum atomic E-state index is 0.836. The van der Waals surface area contributed by atoms with Gasteiger partial charge in [0.1, 0.15) is 18.0 Å². The van der Waals surface area contributed by atoms with E-state index in [1.165, 1.54) is 5.56 Å². The molecule has 0 radical (unpaired) electrons. The van der Waals surface area contributed by atoms with Crippen LogP contribution in [0.2, 0.25) is 0 Å². The van der Waals surface area contributed by atoms with Crippen LogP contribution in [0.5, 0.6) is 0 Å². The van der Waals surface area contributed by atoms with Crippen molar-refractivity contribution in [3.63, 3.8) is 0 Å². The number of anilines is 2. The summed E-state index contributed by atoms with van der Waals surface area (Å²) < 4.78 is 1.15. The summed E-state index contributed by atoms with van der Waals surface area (Å²) in [6.07, 6.45) is 1.59. The maximum atomic E-state index is 4.36. The first-order chi connectivity index (χ1) is 8.61. The van der Waals surface area contributed by atoms with Crippen molar-refractivity contribution in [2.24, 2.45) is 0 Å². The van der Waals surface area contributed by atoms with Crippen LogP contribution in [0.3, 0.4) is 0 Å². The molecular weight excluding hydrogens is 312 g/mol. The predicted octanol–water partition coefficient (Wildman–Crippen LogP) is 3.29. The van der Waals surface area contributed by atoms with Gasteiger partial charge in [-0.3, -0.25) is 0 Å². The number of halogens is 1. The molecule has 0 bridgehead atoms. The van der Waals surface area contributed by atoms with Crippen molar-refractivity contribution in [2.45, 2.75) is 13.5 Å². The summed E-state index contributed by atoms with van der Waals surface area (Å²) in [4.78, 5) is 10.7. The van der Waals surface area contributed by atoms with Gasteiger partial charge >= 0.3 is 0 Å². The quantitative estimate of drug-likeness (QED) is 0.936. The molecule has 0 aliphatic heterocycles. The molecular formula is C12H15BrN4S. The zero-order valence-electron chi connectivity index (χ0n) is 10.6. The highest BCUT2D eigenvalue weighted by Crippen LogP contribution is 2.25. The molecule has 18 heavy (non-hydrogen) atoms. The summed E-state index contributed by atoms with van der Waals surface area (Å²) in [5.74, 6) is 1.83. The van der Waals surface area contributed by atoms with Crippen LogP contribution < -0.4 is 10.2 Å². The molecule has 0 fully saturated rings. The molecule has 0 aliphatic carbocycles. The smallest absolute Gasteiger partial charge is 0.137 e. The lowest BCUT2D eigenvalue weighted by Gasteiger charge is -2.20. The van der Waals surface area contributed by atoms with Gasteiger partial charge in [-0.2, -0.15) is 0 Å². The van der Waals surface area contributed by atoms with Crippen molar-refractivity contribution in [1.82, 2.24) is 9.97 Å². The normalized spacial score (nSPS) is 10.4. The highest BCUT2D eigenvalue weighted by molar-refractivity contribution is 9.11. The first-order valence-electron chi connectivity index (χ1n) is 5.55. The lowest BCUT2D eigenvalue weighted by Crippen LogP contribution is -2.19. The zero-order valence-corrected chi connectivity index (χ0v) is 13.0. The Labute approximate surface area is 119 Å². The second-order valence-corrected chi connectivity index (χ2v) is 6.33. The largest absolute Gasteiger partial charge is 0.373 e. The second kappa shape index (κ2) is 5.67. The molecule has 0 atom stereocenters. The predicted molar refractivity (Wildman–Crippen MR) is 80.4 cm³/mol. The van der Waals surface area contributed by atoms with Crippen molar-refractivity contribution >= 4 is 38.9 Å². The standard InChI is InChI=1S/C12H15BrN4S/c1-8-11(14-2)15-7-16-12(8)17(3)5-9-4-10(13)18-6-9/h4,6-7H,5H2,1-3H3,(H,14,15,16). The third-order valence-corrected chi connectivity index (χ3v) is 4.25. The summed E-state index contributed by atoms with van der Waals surface area (Å²) >= 11 is 5.18. The topological polar surface area (TPSA) is 41.1 Å². The van der Waals surface area contributed by atoms with Crippen LogP contribution in [-0.2, 0) is 6.54 Å². The Hall–Kier alpha value is -1.14. The van der Waals surface area contributed by atoms with Gasteiger partial charge in [-0.1, -0.05) is 0 Å². The fourth-order valence-corrected chi connectivity index (χ4v) is 3.06. The van der Waals surface area contributed by atoms with E-state index in [9.17, 15) is 0 Å². The third-order valence-electron chi connectivity index (χ3n) is 2.70. The van der Waals surface area contributed by atoms with Crippen LogP contribution in [0.1, 0.15) is 11.1 Å². The maximum absolute atomic E-state index is 4.36. The van der Waals surface area contributed by atoms with Gasteiger partial charge in [0.15, 0.2) is 0 Å². The highest BCUT2D eigenvalue weighted by Gasteiger charge is 2.11. The summed E-state index contributed by atoms with van der Waals surface area (Å²) in [5.41, 5.74) is 2.34. The minimum absolute atomic E-state index is 0.836. The number of aromatic nitrogens is 2. The Morgan fingerprint density at radius 1 is 1.44 bits per heavy atom. The van der Waals surface area contributed by atoms with Gasteiger partial charge < -0.3 is 10.2 Å². The number of nitrogens with one attached hydrogen (secondary N) is 1. The molecule has 6 heteroatoms. The Bertz CT molecular complexity index is 541. The zero-order chi connectivity index (χ0) is 13.1. The van der Waals surface area contributed by atoms with Crippen LogP contribution in [0, 0.1) is 6.92 Å². The van der Waals surface area contributed by atoms with Crippen LogP contribution in [0.4, 0.5) is 11.6 Å². The van der Waals surface area contributed by atoms with Gasteiger partial charge in [0.25, 0.3) is 0 Å². The van der Waals surface area contributed by atoms with E-state index >= 15 is 0 Å². The van der Waals surface area contributed by atoms with Gasteiger partial charge in [0.05, 0.1) is 3.79 Å². The molecule has 0 amide bonds. The van der Waals surface area contributed by atoms with E-state index in [-0.39, 0.29) is 0 Å². The number of hydrogen-bond acceptors (Lipinski definition) is 5. The van der Waals surface area contributed by atoms with E-state index in [0.717, 1.165) is 27.5 Å². The first kappa shape index (κ1) is 13.3. The van der Waals surface area contributed by atoms with Crippen molar-refractivity contribution < 1.29 is 0 Å². The van der Waals surface area contributed by atoms with E-state index < -0.39 is 0 Å². The molecule has 0 unspecified atom stereocenters. The van der Waals surface area contributed by atoms with Crippen molar-refractivity contribution in [3.8, 4) is 0 Å². The van der Waals surface area contributed by atoms with Crippen molar-refractivity contribution in [3.05, 3.63) is 32.7 Å². The molecule has 0 saturated carbocycles. The molecule has 0 aromatic carbocycles. The van der Waals surface area contributed by atoms with Gasteiger partial charge in [0.2, 0.25) is 0 Å². The van der Waals surface area contributed by atoms with E-state index in [0.29, 0.717) is 0 Å². The van der Waals surface area contributed by atoms with Gasteiger partial charge in [-0.15, -0.1) is 11.3 Å². The fourth-order valence-electron chi connectivity index (χ4n) is 1.86. The van der Waals surface area contributed by atoms with Crippen molar-refractivity contribution in [1.29, 1.82) is 0 Å². The molecule has 0 saturated heterocycles. The van der Waals surface area contributed by atoms with Gasteiger partial charge in [-0.25, -0.2) is 9.97 Å². The monoisotopic (exact) mass is 326 g/mol. The second-order valence-electron chi connectivity index (χ2n) is 4.04. The summed E-state index contributed by atoms with van der Waals surface area (Å²) in [6.45, 7) is 2.87. The third kappa shape index (κ3) is 2.81. The molecule has 2 rings (SSSR count). The number of thiophene rings is 1. The van der Waals surface area contributed by atoms with Crippen molar-refractivity contribution in [2.75, 3.05) is 24.3 Å². The SMILES string of the molecule is CNc1ncnc(N(C)Cc2csc(Br)c2)c1C. The number of rotatable bonds is 4. The molecule has 0 aliphatic rings. The Balaban J connectivity index is 2.21. The van der Waals surface area contributed by atoms with Crippen LogP contribution in [-0.4, -0.2) is 24.1 Å². The van der Waals surface area contributed by atoms with Gasteiger partial charge in [0, 0.05) is 26.2 Å². The average molecular weight is 327 g/mol. The Morgan fingerprint density at radius 2 is 2.22 bits per heavy atom. The van der Waals surface area contributed by atoms with E-state index in [1.54, 1.807) is 17.7 Å². The molecule has 4 nitrogen and oxygen atoms in total. The number of hydrogen-bond donors (Lipinski definition) is 1. The van der Waals surface area contributed by atoms with Crippen LogP contribution in [0.15, 0.2) is 21.6 Å². The van der Waals surface area contributed by atoms with Crippen LogP contribution >= 0.6 is 27.3 Å². The van der Waals surface area contributed by atoms with E-state index in [1.807, 2.05) is 21.0 Å². The van der Waals surface area contributed by atoms with E-state index in [2.05, 4.69) is 47.6 Å². The summed E-state index contributed by atoms with van der Waals surface area (Å²) in [7, 11) is 3.91. The minimum Gasteiger partial charge on any atom is -0.373 e. The molecule has 2 aromatic rings. The first-order valence-corrected chi connectivity index (χ1v) is 7.22. The van der Waals surface area contributed by atoms with Crippen LogP contribution in [0.25, 0.3) is 0 Å². The average Bonchev–Trinajstić information content (AvgIpc) is 2.75. The molecule has 2 heterocycles. The lowest BCUT2D eigenvalue weighted by atomic mass is 10.2. The lowest BCUT2D eigenvalue weighted by molar-refractivity contribution is 0.886. The number of nitrogens with zero attached hydrogens (tertiary/aromatic N) is 3. The maximum Gasteiger partial charge on any atom is 0.137 e. The van der Waals surface area contributed by atoms with Gasteiger partial charge in [-0.05, 0) is 39.9 Å². The Morgan fingerprint density at radius 3 is 2.83 bits per heavy atom. The summed E-state index contributed by atoms with van der Waals surface area (Å²) in [6, 6.07) is 2.14. The Kier molecular flexibility index (Phi) is 4.19. The summed E-state index contributed by atoms with van der Waals surface area (Å²) in [5, 5.41) is 5.22. The fraction of sp³-hybridized carbons (Fsp3) is 0.333. The molecule has 96 valence electrons. The van der Waals surface area contributed by atoms with E-state index in [4.69, 9.17) is 0 Å². The molecule has 1 N–H and O–H groups in total.